The number of nitrogens with two attached hydrogens (primary N) is 1. The zero-order chi connectivity index (χ0) is 15.4. The maximum atomic E-state index is 13.7. The molecule has 2 aromatic rings. The van der Waals surface area contributed by atoms with Gasteiger partial charge in [0, 0.05) is 6.07 Å². The lowest BCUT2D eigenvalue weighted by molar-refractivity contribution is -0.383. The molecule has 1 aromatic carbocycles. The predicted molar refractivity (Wildman–Crippen MR) is 72.7 cm³/mol. The first-order valence-electron chi connectivity index (χ1n) is 5.63. The van der Waals surface area contributed by atoms with Crippen LogP contribution in [0.3, 0.4) is 0 Å². The molecule has 0 aliphatic heterocycles. The average molecular weight is 294 g/mol. The van der Waals surface area contributed by atoms with E-state index in [9.17, 15) is 14.5 Å². The summed E-state index contributed by atoms with van der Waals surface area (Å²) in [6.45, 7) is 0. The Morgan fingerprint density at radius 2 is 2.10 bits per heavy atom. The Bertz CT molecular complexity index is 681. The molecule has 1 heterocycles. The van der Waals surface area contributed by atoms with Crippen molar-refractivity contribution in [2.75, 3.05) is 17.9 Å². The molecule has 9 nitrogen and oxygen atoms in total. The number of hydrogen-bond acceptors (Lipinski definition) is 8. The number of hydrazine groups is 1. The number of nitrogen functional groups attached to an aromatic ring is 1. The van der Waals surface area contributed by atoms with E-state index in [1.165, 1.54) is 19.2 Å². The number of nitrogens with zero attached hydrogens (tertiary/aromatic N) is 3. The Kier molecular flexibility index (Phi) is 4.09. The van der Waals surface area contributed by atoms with E-state index in [1.807, 2.05) is 0 Å². The molecule has 0 unspecified atom stereocenters. The van der Waals surface area contributed by atoms with Crippen molar-refractivity contribution in [3.05, 3.63) is 40.5 Å². The maximum Gasteiger partial charge on any atom is 0.354 e. The molecule has 0 atom stereocenters. The normalized spacial score (nSPS) is 10.0. The molecule has 110 valence electrons. The smallest absolute Gasteiger partial charge is 0.354 e. The van der Waals surface area contributed by atoms with Crippen LogP contribution in [0.4, 0.5) is 27.4 Å². The summed E-state index contributed by atoms with van der Waals surface area (Å²) in [5.41, 5.74) is 1.56. The maximum absolute atomic E-state index is 13.7. The first-order valence-corrected chi connectivity index (χ1v) is 5.63. The number of nitro groups is 1. The third-order valence-corrected chi connectivity index (χ3v) is 2.57. The highest BCUT2D eigenvalue weighted by molar-refractivity contribution is 5.73. The van der Waals surface area contributed by atoms with Gasteiger partial charge in [-0.2, -0.15) is 0 Å². The van der Waals surface area contributed by atoms with E-state index >= 15 is 0 Å². The molecule has 1 aromatic heterocycles. The van der Waals surface area contributed by atoms with Crippen LogP contribution in [0.1, 0.15) is 0 Å². The quantitative estimate of drug-likeness (QED) is 0.430. The van der Waals surface area contributed by atoms with Gasteiger partial charge >= 0.3 is 5.69 Å². The summed E-state index contributed by atoms with van der Waals surface area (Å²) in [5, 5.41) is 13.6. The number of ether oxygens (including phenoxy) is 1. The molecule has 0 aliphatic rings. The van der Waals surface area contributed by atoms with Crippen LogP contribution in [0.15, 0.2) is 24.5 Å². The molecule has 0 saturated carbocycles. The van der Waals surface area contributed by atoms with Crippen LogP contribution in [0.25, 0.3) is 0 Å². The minimum Gasteiger partial charge on any atom is -0.497 e. The molecule has 0 aliphatic carbocycles. The van der Waals surface area contributed by atoms with Gasteiger partial charge in [0.05, 0.1) is 17.7 Å². The molecule has 0 bridgehead atoms. The molecule has 4 N–H and O–H groups in total. The van der Waals surface area contributed by atoms with Crippen molar-refractivity contribution in [1.82, 2.24) is 9.97 Å². The van der Waals surface area contributed by atoms with E-state index in [-0.39, 0.29) is 17.3 Å². The van der Waals surface area contributed by atoms with Gasteiger partial charge in [-0.25, -0.2) is 20.2 Å². The zero-order valence-electron chi connectivity index (χ0n) is 10.8. The van der Waals surface area contributed by atoms with Crippen molar-refractivity contribution in [2.45, 2.75) is 0 Å². The molecule has 0 radical (unpaired) electrons. The van der Waals surface area contributed by atoms with Crippen molar-refractivity contribution < 1.29 is 14.1 Å². The summed E-state index contributed by atoms with van der Waals surface area (Å²) in [6.07, 6.45) is 1.06. The summed E-state index contributed by atoms with van der Waals surface area (Å²) in [4.78, 5) is 17.7. The van der Waals surface area contributed by atoms with Crippen LogP contribution in [-0.2, 0) is 0 Å². The molecule has 21 heavy (non-hydrogen) atoms. The van der Waals surface area contributed by atoms with Gasteiger partial charge in [0.25, 0.3) is 0 Å². The summed E-state index contributed by atoms with van der Waals surface area (Å²) < 4.78 is 18.7. The Hall–Kier alpha value is -3.01. The first-order chi connectivity index (χ1) is 10.1. The lowest BCUT2D eigenvalue weighted by atomic mass is 10.2. The molecule has 2 rings (SSSR count). The lowest BCUT2D eigenvalue weighted by Gasteiger charge is -2.10. The van der Waals surface area contributed by atoms with Gasteiger partial charge in [0.15, 0.2) is 0 Å². The number of nitrogens with one attached hydrogen (secondary N) is 2. The van der Waals surface area contributed by atoms with Crippen molar-refractivity contribution in [1.29, 1.82) is 0 Å². The van der Waals surface area contributed by atoms with Gasteiger partial charge in [0.1, 0.15) is 17.9 Å². The summed E-state index contributed by atoms with van der Waals surface area (Å²) >= 11 is 0. The molecular formula is C11H11FN6O3. The summed E-state index contributed by atoms with van der Waals surface area (Å²) in [7, 11) is 1.42. The predicted octanol–water partition coefficient (Wildman–Crippen LogP) is 1.56. The van der Waals surface area contributed by atoms with E-state index in [1.54, 1.807) is 0 Å². The van der Waals surface area contributed by atoms with Gasteiger partial charge < -0.3 is 15.5 Å². The fraction of sp³-hybridized carbons (Fsp3) is 0.0909. The van der Waals surface area contributed by atoms with Gasteiger partial charge in [-0.1, -0.05) is 0 Å². The second kappa shape index (κ2) is 5.96. The van der Waals surface area contributed by atoms with E-state index in [2.05, 4.69) is 20.7 Å². The van der Waals surface area contributed by atoms with Crippen molar-refractivity contribution >= 4 is 23.0 Å². The van der Waals surface area contributed by atoms with Gasteiger partial charge in [-0.05, 0) is 12.1 Å². The third kappa shape index (κ3) is 2.95. The van der Waals surface area contributed by atoms with Crippen LogP contribution in [-0.4, -0.2) is 22.0 Å². The summed E-state index contributed by atoms with van der Waals surface area (Å²) in [6, 6.07) is 3.93. The van der Waals surface area contributed by atoms with E-state index in [4.69, 9.17) is 10.6 Å². The third-order valence-electron chi connectivity index (χ3n) is 2.57. The van der Waals surface area contributed by atoms with Crippen molar-refractivity contribution in [2.24, 2.45) is 5.84 Å². The minimum absolute atomic E-state index is 0.0286. The number of aromatic nitrogens is 2. The summed E-state index contributed by atoms with van der Waals surface area (Å²) in [5.74, 6) is 4.53. The fourth-order valence-corrected chi connectivity index (χ4v) is 1.60. The standard InChI is InChI=1S/C11H11FN6O3/c1-21-6-2-3-7(12)8(4-6)16-10-9(18(19)20)11(17-13)15-5-14-10/h2-5H,13H2,1H3,(H2,14,15,16,17). The lowest BCUT2D eigenvalue weighted by Crippen LogP contribution is -2.13. The van der Waals surface area contributed by atoms with E-state index in [0.29, 0.717) is 5.75 Å². The Balaban J connectivity index is 2.47. The van der Waals surface area contributed by atoms with Gasteiger partial charge in [0.2, 0.25) is 11.6 Å². The number of anilines is 3. The number of benzene rings is 1. The van der Waals surface area contributed by atoms with Crippen LogP contribution in [0.5, 0.6) is 5.75 Å². The Morgan fingerprint density at radius 1 is 1.38 bits per heavy atom. The second-order valence-corrected chi connectivity index (χ2v) is 3.79. The highest BCUT2D eigenvalue weighted by Crippen LogP contribution is 2.32. The molecule has 0 amide bonds. The highest BCUT2D eigenvalue weighted by atomic mass is 19.1. The number of rotatable bonds is 5. The van der Waals surface area contributed by atoms with Crippen molar-refractivity contribution in [3.63, 3.8) is 0 Å². The Morgan fingerprint density at radius 3 is 2.71 bits per heavy atom. The molecule has 0 spiro atoms. The second-order valence-electron chi connectivity index (χ2n) is 3.79. The van der Waals surface area contributed by atoms with Crippen LogP contribution < -0.4 is 21.3 Å². The van der Waals surface area contributed by atoms with Gasteiger partial charge in [-0.15, -0.1) is 0 Å². The van der Waals surface area contributed by atoms with Crippen LogP contribution >= 0.6 is 0 Å². The SMILES string of the molecule is COc1ccc(F)c(Nc2ncnc(NN)c2[N+](=O)[O-])c1. The van der Waals surface area contributed by atoms with E-state index < -0.39 is 16.4 Å². The fourth-order valence-electron chi connectivity index (χ4n) is 1.60. The monoisotopic (exact) mass is 294 g/mol. The highest BCUT2D eigenvalue weighted by Gasteiger charge is 2.23. The number of halogens is 1. The number of methoxy groups -OCH3 is 1. The molecule has 0 fully saturated rings. The average Bonchev–Trinajstić information content (AvgIpc) is 2.48. The van der Waals surface area contributed by atoms with Gasteiger partial charge in [-0.3, -0.25) is 10.1 Å². The minimum atomic E-state index is -0.727. The largest absolute Gasteiger partial charge is 0.497 e. The Labute approximate surface area is 118 Å². The topological polar surface area (TPSA) is 128 Å². The van der Waals surface area contributed by atoms with Crippen molar-refractivity contribution in [3.8, 4) is 5.75 Å². The zero-order valence-corrected chi connectivity index (χ0v) is 10.8. The molecule has 0 saturated heterocycles. The van der Waals surface area contributed by atoms with Crippen LogP contribution in [0, 0.1) is 15.9 Å². The first kappa shape index (κ1) is 14.4. The molecular weight excluding hydrogens is 283 g/mol. The number of hydrogen-bond donors (Lipinski definition) is 3. The van der Waals surface area contributed by atoms with E-state index in [0.717, 1.165) is 12.4 Å². The molecule has 10 heteroatoms. The van der Waals surface area contributed by atoms with Crippen LogP contribution in [0.2, 0.25) is 0 Å².